The molecule has 140 valence electrons. The Morgan fingerprint density at radius 2 is 2.04 bits per heavy atom. The van der Waals surface area contributed by atoms with Gasteiger partial charge in [-0.05, 0) is 31.2 Å². The fourth-order valence-electron chi connectivity index (χ4n) is 3.38. The van der Waals surface area contributed by atoms with Crippen molar-refractivity contribution >= 4 is 15.9 Å². The van der Waals surface area contributed by atoms with Gasteiger partial charge in [0.2, 0.25) is 0 Å². The topological polar surface area (TPSA) is 86.7 Å². The number of hydrogen-bond donors (Lipinski definition) is 2. The molecular weight excluding hydrogens is 340 g/mol. The van der Waals surface area contributed by atoms with E-state index in [0.29, 0.717) is 26.1 Å². The van der Waals surface area contributed by atoms with Gasteiger partial charge in [-0.1, -0.05) is 30.3 Å². The molecule has 2 rings (SSSR count). The highest BCUT2D eigenvalue weighted by atomic mass is 32.2. The summed E-state index contributed by atoms with van der Waals surface area (Å²) in [5.74, 6) is 0.188. The van der Waals surface area contributed by atoms with Crippen LogP contribution in [0.25, 0.3) is 0 Å². The van der Waals surface area contributed by atoms with Crippen molar-refractivity contribution in [1.29, 1.82) is 0 Å². The molecule has 0 saturated carbocycles. The monoisotopic (exact) mass is 368 g/mol. The minimum Gasteiger partial charge on any atom is -0.393 e. The second-order valence-electron chi connectivity index (χ2n) is 7.07. The molecule has 1 fully saturated rings. The minimum absolute atomic E-state index is 0.0168. The van der Waals surface area contributed by atoms with Crippen LogP contribution in [0.5, 0.6) is 0 Å². The SMILES string of the molecule is C[C@H](O)C[C@@H](CNC(=O)N1CC[C@H](CS(C)(=O)=O)C1)c1ccccc1. The maximum atomic E-state index is 12.4. The molecule has 1 aromatic rings. The predicted molar refractivity (Wildman–Crippen MR) is 98.3 cm³/mol. The first-order valence-electron chi connectivity index (χ1n) is 8.68. The molecule has 0 radical (unpaired) electrons. The number of rotatable bonds is 7. The Labute approximate surface area is 150 Å². The minimum atomic E-state index is -3.02. The normalized spacial score (nSPS) is 20.3. The van der Waals surface area contributed by atoms with Crippen molar-refractivity contribution in [3.05, 3.63) is 35.9 Å². The molecule has 0 aromatic heterocycles. The van der Waals surface area contributed by atoms with Crippen molar-refractivity contribution in [1.82, 2.24) is 10.2 Å². The molecule has 1 saturated heterocycles. The van der Waals surface area contributed by atoms with Gasteiger partial charge in [0.25, 0.3) is 0 Å². The fourth-order valence-corrected chi connectivity index (χ4v) is 4.51. The van der Waals surface area contributed by atoms with Crippen LogP contribution in [0, 0.1) is 5.92 Å². The number of aliphatic hydroxyl groups is 1. The number of likely N-dealkylation sites (tertiary alicyclic amines) is 1. The van der Waals surface area contributed by atoms with Gasteiger partial charge in [-0.15, -0.1) is 0 Å². The largest absolute Gasteiger partial charge is 0.393 e. The Balaban J connectivity index is 1.89. The maximum Gasteiger partial charge on any atom is 0.317 e. The molecule has 1 aliphatic rings. The highest BCUT2D eigenvalue weighted by Gasteiger charge is 2.28. The molecule has 25 heavy (non-hydrogen) atoms. The van der Waals surface area contributed by atoms with Crippen molar-refractivity contribution in [3.63, 3.8) is 0 Å². The molecule has 0 bridgehead atoms. The number of carbonyl (C=O) groups excluding carboxylic acids is 1. The number of aliphatic hydroxyl groups excluding tert-OH is 1. The van der Waals surface area contributed by atoms with E-state index >= 15 is 0 Å². The van der Waals surface area contributed by atoms with Gasteiger partial charge in [0.15, 0.2) is 0 Å². The average Bonchev–Trinajstić information content (AvgIpc) is 2.98. The fraction of sp³-hybridized carbons (Fsp3) is 0.611. The lowest BCUT2D eigenvalue weighted by atomic mass is 9.93. The summed E-state index contributed by atoms with van der Waals surface area (Å²) >= 11 is 0. The molecule has 1 heterocycles. The Hall–Kier alpha value is -1.60. The van der Waals surface area contributed by atoms with Gasteiger partial charge < -0.3 is 15.3 Å². The maximum absolute atomic E-state index is 12.4. The standard InChI is InChI=1S/C18H28N2O4S/c1-14(21)10-17(16-6-4-3-5-7-16)11-19-18(22)20-9-8-15(12-20)13-25(2,23)24/h3-7,14-15,17,21H,8-13H2,1-2H3,(H,19,22)/t14-,15-,17-/m0/s1. The van der Waals surface area contributed by atoms with Crippen LogP contribution in [0.15, 0.2) is 30.3 Å². The zero-order valence-corrected chi connectivity index (χ0v) is 15.7. The number of urea groups is 1. The first-order valence-corrected chi connectivity index (χ1v) is 10.7. The van der Waals surface area contributed by atoms with Crippen LogP contribution in [0.4, 0.5) is 4.79 Å². The Morgan fingerprint density at radius 1 is 1.36 bits per heavy atom. The van der Waals surface area contributed by atoms with Gasteiger partial charge in [-0.2, -0.15) is 0 Å². The lowest BCUT2D eigenvalue weighted by Crippen LogP contribution is -2.40. The number of benzene rings is 1. The summed E-state index contributed by atoms with van der Waals surface area (Å²) in [7, 11) is -3.02. The van der Waals surface area contributed by atoms with Crippen molar-refractivity contribution in [2.24, 2.45) is 5.92 Å². The Kier molecular flexibility index (Phi) is 6.84. The number of amides is 2. The van der Waals surface area contributed by atoms with Gasteiger partial charge in [0, 0.05) is 31.8 Å². The summed E-state index contributed by atoms with van der Waals surface area (Å²) in [6.45, 7) is 3.25. The summed E-state index contributed by atoms with van der Waals surface area (Å²) in [6, 6.07) is 9.66. The molecule has 3 atom stereocenters. The lowest BCUT2D eigenvalue weighted by molar-refractivity contribution is 0.171. The van der Waals surface area contributed by atoms with E-state index in [1.54, 1.807) is 11.8 Å². The van der Waals surface area contributed by atoms with Gasteiger partial charge in [0.05, 0.1) is 11.9 Å². The predicted octanol–water partition coefficient (Wildman–Crippen LogP) is 1.62. The van der Waals surface area contributed by atoms with E-state index in [1.807, 2.05) is 30.3 Å². The van der Waals surface area contributed by atoms with Crippen molar-refractivity contribution in [3.8, 4) is 0 Å². The van der Waals surface area contributed by atoms with Crippen molar-refractivity contribution in [2.75, 3.05) is 31.6 Å². The zero-order chi connectivity index (χ0) is 18.4. The first-order chi connectivity index (χ1) is 11.7. The number of sulfone groups is 1. The van der Waals surface area contributed by atoms with Crippen LogP contribution >= 0.6 is 0 Å². The van der Waals surface area contributed by atoms with Crippen molar-refractivity contribution in [2.45, 2.75) is 31.8 Å². The third kappa shape index (κ3) is 6.66. The summed E-state index contributed by atoms with van der Waals surface area (Å²) in [5.41, 5.74) is 1.08. The van der Waals surface area contributed by atoms with Gasteiger partial charge in [-0.25, -0.2) is 13.2 Å². The summed E-state index contributed by atoms with van der Waals surface area (Å²) < 4.78 is 22.8. The van der Waals surface area contributed by atoms with E-state index in [1.165, 1.54) is 6.26 Å². The van der Waals surface area contributed by atoms with Crippen LogP contribution in [0.1, 0.15) is 31.2 Å². The van der Waals surface area contributed by atoms with Crippen LogP contribution in [-0.2, 0) is 9.84 Å². The third-order valence-electron chi connectivity index (χ3n) is 4.51. The summed E-state index contributed by atoms with van der Waals surface area (Å²) in [4.78, 5) is 14.1. The quantitative estimate of drug-likeness (QED) is 0.766. The smallest absolute Gasteiger partial charge is 0.317 e. The van der Waals surface area contributed by atoms with Crippen LogP contribution in [-0.4, -0.2) is 62.2 Å². The highest BCUT2D eigenvalue weighted by molar-refractivity contribution is 7.90. The third-order valence-corrected chi connectivity index (χ3v) is 5.58. The number of hydrogen-bond acceptors (Lipinski definition) is 4. The van der Waals surface area contributed by atoms with Gasteiger partial charge in [0.1, 0.15) is 9.84 Å². The van der Waals surface area contributed by atoms with Crippen LogP contribution < -0.4 is 5.32 Å². The highest BCUT2D eigenvalue weighted by Crippen LogP contribution is 2.21. The molecule has 2 N–H and O–H groups in total. The molecule has 0 unspecified atom stereocenters. The van der Waals surface area contributed by atoms with Crippen LogP contribution in [0.3, 0.4) is 0 Å². The summed E-state index contributed by atoms with van der Waals surface area (Å²) in [6.07, 6.45) is 2.07. The molecule has 6 nitrogen and oxygen atoms in total. The molecule has 0 aliphatic carbocycles. The van der Waals surface area contributed by atoms with Gasteiger partial charge >= 0.3 is 6.03 Å². The molecular formula is C18H28N2O4S. The lowest BCUT2D eigenvalue weighted by Gasteiger charge is -2.22. The summed E-state index contributed by atoms with van der Waals surface area (Å²) in [5, 5.41) is 12.7. The van der Waals surface area contributed by atoms with E-state index in [2.05, 4.69) is 5.32 Å². The van der Waals surface area contributed by atoms with Crippen LogP contribution in [0.2, 0.25) is 0 Å². The Bertz CT molecular complexity index is 661. The van der Waals surface area contributed by atoms with E-state index in [-0.39, 0.29) is 23.6 Å². The number of carbonyl (C=O) groups is 1. The molecule has 2 amide bonds. The van der Waals surface area contributed by atoms with E-state index in [4.69, 9.17) is 0 Å². The molecule has 7 heteroatoms. The van der Waals surface area contributed by atoms with Gasteiger partial charge in [-0.3, -0.25) is 0 Å². The number of nitrogens with one attached hydrogen (secondary N) is 1. The molecule has 1 aromatic carbocycles. The Morgan fingerprint density at radius 3 is 2.64 bits per heavy atom. The number of nitrogens with zero attached hydrogens (tertiary/aromatic N) is 1. The first kappa shape index (κ1) is 19.7. The van der Waals surface area contributed by atoms with E-state index < -0.39 is 15.9 Å². The van der Waals surface area contributed by atoms with E-state index in [0.717, 1.165) is 12.0 Å². The van der Waals surface area contributed by atoms with E-state index in [9.17, 15) is 18.3 Å². The molecule has 1 aliphatic heterocycles. The second kappa shape index (κ2) is 8.67. The average molecular weight is 368 g/mol. The second-order valence-corrected chi connectivity index (χ2v) is 9.26. The molecule has 0 spiro atoms. The van der Waals surface area contributed by atoms with Crippen molar-refractivity contribution < 1.29 is 18.3 Å². The zero-order valence-electron chi connectivity index (χ0n) is 14.9.